The van der Waals surface area contributed by atoms with Gasteiger partial charge in [-0.3, -0.25) is 14.7 Å². The second-order valence-corrected chi connectivity index (χ2v) is 10.4. The van der Waals surface area contributed by atoms with E-state index in [1.54, 1.807) is 0 Å². The Balaban J connectivity index is 0.00000336. The van der Waals surface area contributed by atoms with Crippen LogP contribution in [0.4, 0.5) is 11.5 Å². The largest absolute Gasteiger partial charge is 0.384 e. The number of fused-ring (bicyclic) bond motifs is 1. The lowest BCUT2D eigenvalue weighted by Crippen LogP contribution is -2.48. The van der Waals surface area contributed by atoms with Crippen molar-refractivity contribution in [3.8, 4) is 0 Å². The molecule has 0 amide bonds. The number of nitrogens with two attached hydrogens (primary N) is 1. The summed E-state index contributed by atoms with van der Waals surface area (Å²) in [6.45, 7) is 9.57. The van der Waals surface area contributed by atoms with Crippen molar-refractivity contribution in [3.05, 3.63) is 94.2 Å². The van der Waals surface area contributed by atoms with Crippen molar-refractivity contribution in [1.82, 2.24) is 19.4 Å². The number of nitrogen functional groups attached to an aromatic ring is 1. The summed E-state index contributed by atoms with van der Waals surface area (Å²) in [5.41, 5.74) is 11.1. The van der Waals surface area contributed by atoms with Gasteiger partial charge in [-0.25, -0.2) is 4.98 Å². The summed E-state index contributed by atoms with van der Waals surface area (Å²) in [6.07, 6.45) is 7.96. The molecule has 200 valence electrons. The third-order valence-corrected chi connectivity index (χ3v) is 7.34. The minimum absolute atomic E-state index is 0. The Morgan fingerprint density at radius 2 is 1.92 bits per heavy atom. The van der Waals surface area contributed by atoms with Crippen LogP contribution in [0, 0.1) is 6.92 Å². The third-order valence-electron chi connectivity index (χ3n) is 7.34. The van der Waals surface area contributed by atoms with Crippen LogP contribution < -0.4 is 16.1 Å². The third kappa shape index (κ3) is 6.00. The van der Waals surface area contributed by atoms with E-state index < -0.39 is 0 Å². The van der Waals surface area contributed by atoms with E-state index in [9.17, 15) is 4.79 Å². The number of hydrogen-bond donors (Lipinski definition) is 1. The Bertz CT molecular complexity index is 1440. The van der Waals surface area contributed by atoms with Gasteiger partial charge in [0.05, 0.1) is 17.4 Å². The van der Waals surface area contributed by atoms with Crippen LogP contribution in [0.5, 0.6) is 0 Å². The quantitative estimate of drug-likeness (QED) is 0.345. The molecule has 1 fully saturated rings. The van der Waals surface area contributed by atoms with Gasteiger partial charge in [-0.15, -0.1) is 12.4 Å². The number of aromatic nitrogens is 3. The molecule has 7 nitrogen and oxygen atoms in total. The number of benzene rings is 1. The van der Waals surface area contributed by atoms with E-state index in [4.69, 9.17) is 5.73 Å². The molecule has 0 spiro atoms. The lowest BCUT2D eigenvalue weighted by molar-refractivity contribution is 0.158. The van der Waals surface area contributed by atoms with Gasteiger partial charge in [0, 0.05) is 67.3 Å². The lowest BCUT2D eigenvalue weighted by atomic mass is 10.0. The Morgan fingerprint density at radius 1 is 1.11 bits per heavy atom. The first kappa shape index (κ1) is 27.6. The Labute approximate surface area is 230 Å². The maximum Gasteiger partial charge on any atom is 0.193 e. The molecule has 1 aliphatic rings. The van der Waals surface area contributed by atoms with Crippen molar-refractivity contribution in [3.63, 3.8) is 0 Å². The molecule has 3 aromatic heterocycles. The van der Waals surface area contributed by atoms with Crippen LogP contribution in [0.25, 0.3) is 10.9 Å². The molecule has 0 saturated carbocycles. The Hall–Kier alpha value is -3.42. The first-order chi connectivity index (χ1) is 17.9. The van der Waals surface area contributed by atoms with Gasteiger partial charge >= 0.3 is 0 Å². The van der Waals surface area contributed by atoms with Crippen molar-refractivity contribution in [1.29, 1.82) is 0 Å². The van der Waals surface area contributed by atoms with Crippen LogP contribution in [0.1, 0.15) is 49.6 Å². The average molecular weight is 533 g/mol. The van der Waals surface area contributed by atoms with Gasteiger partial charge in [0.25, 0.3) is 0 Å². The van der Waals surface area contributed by atoms with Gasteiger partial charge in [-0.1, -0.05) is 12.1 Å². The number of pyridine rings is 3. The zero-order valence-electron chi connectivity index (χ0n) is 22.4. The highest BCUT2D eigenvalue weighted by Crippen LogP contribution is 2.26. The minimum Gasteiger partial charge on any atom is -0.384 e. The number of rotatable bonds is 7. The van der Waals surface area contributed by atoms with Crippen molar-refractivity contribution in [2.24, 2.45) is 0 Å². The molecular formula is C30H37ClN6O. The van der Waals surface area contributed by atoms with Gasteiger partial charge in [-0.05, 0) is 75.6 Å². The fourth-order valence-corrected chi connectivity index (χ4v) is 5.44. The maximum absolute atomic E-state index is 13.7. The molecule has 2 N–H and O–H groups in total. The summed E-state index contributed by atoms with van der Waals surface area (Å²) in [5, 5.41) is 0.784. The predicted molar refractivity (Wildman–Crippen MR) is 158 cm³/mol. The molecule has 4 aromatic rings. The summed E-state index contributed by atoms with van der Waals surface area (Å²) in [7, 11) is 0. The van der Waals surface area contributed by atoms with Crippen LogP contribution in [0.3, 0.4) is 0 Å². The number of anilines is 2. The summed E-state index contributed by atoms with van der Waals surface area (Å²) in [6, 6.07) is 16.6. The number of halogens is 1. The zero-order chi connectivity index (χ0) is 25.9. The minimum atomic E-state index is 0. The van der Waals surface area contributed by atoms with Gasteiger partial charge in [0.1, 0.15) is 5.82 Å². The summed E-state index contributed by atoms with van der Waals surface area (Å²) in [4.78, 5) is 27.2. The van der Waals surface area contributed by atoms with Crippen LogP contribution in [-0.4, -0.2) is 38.6 Å². The van der Waals surface area contributed by atoms with Crippen LogP contribution in [-0.2, 0) is 13.1 Å². The van der Waals surface area contributed by atoms with Crippen molar-refractivity contribution >= 4 is 34.8 Å². The monoisotopic (exact) mass is 532 g/mol. The molecule has 0 radical (unpaired) electrons. The van der Waals surface area contributed by atoms with Crippen molar-refractivity contribution in [2.75, 3.05) is 23.7 Å². The second-order valence-electron chi connectivity index (χ2n) is 10.4. The maximum atomic E-state index is 13.7. The molecular weight excluding hydrogens is 496 g/mol. The molecule has 4 heterocycles. The van der Waals surface area contributed by atoms with Crippen molar-refractivity contribution in [2.45, 2.75) is 58.8 Å². The van der Waals surface area contributed by atoms with E-state index in [0.717, 1.165) is 60.3 Å². The van der Waals surface area contributed by atoms with E-state index in [1.807, 2.05) is 55.7 Å². The van der Waals surface area contributed by atoms with E-state index in [-0.39, 0.29) is 29.9 Å². The Kier molecular flexibility index (Phi) is 8.69. The van der Waals surface area contributed by atoms with Crippen LogP contribution >= 0.6 is 12.4 Å². The fraction of sp³-hybridized carbons (Fsp3) is 0.367. The highest BCUT2D eigenvalue weighted by molar-refractivity contribution is 5.85. The van der Waals surface area contributed by atoms with Crippen LogP contribution in [0.2, 0.25) is 0 Å². The standard InChI is InChI=1S/C30H36N6O.ClH/c1-21(2)36-19-24(30(37)27-8-4-5-9-28(27)36)18-35(17-23-12-13-32-22(3)15-23)26-7-6-14-34(20-26)25-10-11-29(31)33-16-25;/h4-5,8-13,15-16,19,21,26H,6-7,14,17-18,20H2,1-3H3,(H2,31,33);1H/t26-;/m0./s1. The first-order valence-corrected chi connectivity index (χ1v) is 13.1. The summed E-state index contributed by atoms with van der Waals surface area (Å²) < 4.78 is 2.23. The number of piperidine rings is 1. The zero-order valence-corrected chi connectivity index (χ0v) is 23.2. The second kappa shape index (κ2) is 12.0. The molecule has 0 bridgehead atoms. The first-order valence-electron chi connectivity index (χ1n) is 13.1. The molecule has 1 saturated heterocycles. The molecule has 38 heavy (non-hydrogen) atoms. The van der Waals surface area contributed by atoms with E-state index >= 15 is 0 Å². The van der Waals surface area contributed by atoms with Crippen molar-refractivity contribution < 1.29 is 0 Å². The summed E-state index contributed by atoms with van der Waals surface area (Å²) in [5.74, 6) is 0.532. The van der Waals surface area contributed by atoms with E-state index in [0.29, 0.717) is 12.4 Å². The fourth-order valence-electron chi connectivity index (χ4n) is 5.44. The Morgan fingerprint density at radius 3 is 2.66 bits per heavy atom. The molecule has 1 aromatic carbocycles. The number of hydrogen-bond acceptors (Lipinski definition) is 6. The SMILES string of the molecule is Cc1cc(CN(Cc2cn(C(C)C)c3ccccc3c2=O)[C@H]2CCCN(c3ccc(N)nc3)C2)ccn1.Cl. The molecule has 0 aliphatic carbocycles. The predicted octanol–water partition coefficient (Wildman–Crippen LogP) is 5.36. The molecule has 1 atom stereocenters. The highest BCUT2D eigenvalue weighted by atomic mass is 35.5. The lowest BCUT2D eigenvalue weighted by Gasteiger charge is -2.40. The smallest absolute Gasteiger partial charge is 0.193 e. The van der Waals surface area contributed by atoms with Gasteiger partial charge < -0.3 is 15.2 Å². The number of nitrogens with zero attached hydrogens (tertiary/aromatic N) is 5. The molecule has 8 heteroatoms. The molecule has 1 aliphatic heterocycles. The highest BCUT2D eigenvalue weighted by Gasteiger charge is 2.27. The number of aryl methyl sites for hydroxylation is 1. The normalized spacial score (nSPS) is 15.7. The van der Waals surface area contributed by atoms with Gasteiger partial charge in [-0.2, -0.15) is 0 Å². The molecule has 5 rings (SSSR count). The van der Waals surface area contributed by atoms with E-state index in [2.05, 4.69) is 56.5 Å². The average Bonchev–Trinajstić information content (AvgIpc) is 2.90. The molecule has 0 unspecified atom stereocenters. The van der Waals surface area contributed by atoms with Gasteiger partial charge in [0.2, 0.25) is 0 Å². The number of para-hydroxylation sites is 1. The van der Waals surface area contributed by atoms with Gasteiger partial charge in [0.15, 0.2) is 5.43 Å². The summed E-state index contributed by atoms with van der Waals surface area (Å²) >= 11 is 0. The van der Waals surface area contributed by atoms with E-state index in [1.165, 1.54) is 5.56 Å². The topological polar surface area (TPSA) is 80.3 Å². The van der Waals surface area contributed by atoms with Crippen LogP contribution in [0.15, 0.2) is 71.9 Å².